The third kappa shape index (κ3) is 4.97. The first-order valence-electron chi connectivity index (χ1n) is 9.12. The van der Waals surface area contributed by atoms with E-state index in [0.717, 1.165) is 18.5 Å². The van der Waals surface area contributed by atoms with Crippen molar-refractivity contribution in [1.29, 1.82) is 10.5 Å². The highest BCUT2D eigenvalue weighted by Crippen LogP contribution is 2.28. The zero-order valence-electron chi connectivity index (χ0n) is 15.6. The Bertz CT molecular complexity index is 1070. The van der Waals surface area contributed by atoms with E-state index in [2.05, 4.69) is 10.6 Å². The maximum Gasteiger partial charge on any atom is 0.193 e. The van der Waals surface area contributed by atoms with Crippen molar-refractivity contribution in [3.8, 4) is 12.1 Å². The van der Waals surface area contributed by atoms with Crippen LogP contribution in [0.25, 0.3) is 0 Å². The van der Waals surface area contributed by atoms with E-state index in [1.54, 1.807) is 60.7 Å². The SMILES string of the molecule is N#CC(C#N)=CNc1ccc(C(=O)c2ccccc2)cc1NC1=CC(=O)CCC1. The molecule has 0 heterocycles. The lowest BCUT2D eigenvalue weighted by molar-refractivity contribution is -0.115. The Balaban J connectivity index is 1.96. The van der Waals surface area contributed by atoms with Crippen LogP contribution in [0.15, 0.2) is 72.1 Å². The fourth-order valence-electron chi connectivity index (χ4n) is 2.97. The van der Waals surface area contributed by atoms with Gasteiger partial charge in [-0.3, -0.25) is 9.59 Å². The summed E-state index contributed by atoms with van der Waals surface area (Å²) >= 11 is 0. The maximum atomic E-state index is 12.8. The third-order valence-electron chi connectivity index (χ3n) is 4.43. The molecule has 6 heteroatoms. The minimum atomic E-state index is -0.126. The molecule has 3 rings (SSSR count). The van der Waals surface area contributed by atoms with Crippen molar-refractivity contribution in [2.45, 2.75) is 19.3 Å². The van der Waals surface area contributed by atoms with Crippen LogP contribution >= 0.6 is 0 Å². The Morgan fingerprint density at radius 1 is 0.966 bits per heavy atom. The molecule has 2 N–H and O–H groups in total. The Morgan fingerprint density at radius 2 is 1.72 bits per heavy atom. The van der Waals surface area contributed by atoms with E-state index in [1.165, 1.54) is 6.20 Å². The predicted octanol–water partition coefficient (Wildman–Crippen LogP) is 4.31. The second kappa shape index (κ2) is 9.16. The average Bonchev–Trinajstić information content (AvgIpc) is 2.75. The summed E-state index contributed by atoms with van der Waals surface area (Å²) in [5.41, 5.74) is 2.90. The van der Waals surface area contributed by atoms with Crippen LogP contribution in [-0.4, -0.2) is 11.6 Å². The Morgan fingerprint density at radius 3 is 2.41 bits per heavy atom. The fraction of sp³-hybridized carbons (Fsp3) is 0.130. The summed E-state index contributed by atoms with van der Waals surface area (Å²) in [4.78, 5) is 24.5. The van der Waals surface area contributed by atoms with Crippen molar-refractivity contribution in [2.24, 2.45) is 0 Å². The molecule has 0 aliphatic heterocycles. The van der Waals surface area contributed by atoms with E-state index in [1.807, 2.05) is 6.07 Å². The molecule has 142 valence electrons. The first-order chi connectivity index (χ1) is 14.1. The van der Waals surface area contributed by atoms with Gasteiger partial charge in [0.05, 0.1) is 11.4 Å². The first-order valence-corrected chi connectivity index (χ1v) is 9.12. The highest BCUT2D eigenvalue weighted by atomic mass is 16.1. The molecule has 0 bridgehead atoms. The van der Waals surface area contributed by atoms with E-state index >= 15 is 0 Å². The highest BCUT2D eigenvalue weighted by molar-refractivity contribution is 6.10. The molecule has 6 nitrogen and oxygen atoms in total. The van der Waals surface area contributed by atoms with Crippen LogP contribution < -0.4 is 10.6 Å². The molecule has 0 spiro atoms. The van der Waals surface area contributed by atoms with Crippen LogP contribution in [0.5, 0.6) is 0 Å². The molecule has 0 saturated heterocycles. The van der Waals surface area contributed by atoms with Gasteiger partial charge in [0.25, 0.3) is 0 Å². The minimum absolute atomic E-state index is 0.0564. The van der Waals surface area contributed by atoms with Gasteiger partial charge in [-0.15, -0.1) is 0 Å². The molecule has 0 unspecified atom stereocenters. The number of anilines is 2. The van der Waals surface area contributed by atoms with Crippen molar-refractivity contribution in [3.05, 3.63) is 83.2 Å². The van der Waals surface area contributed by atoms with E-state index in [0.29, 0.717) is 28.9 Å². The monoisotopic (exact) mass is 382 g/mol. The van der Waals surface area contributed by atoms with Crippen LogP contribution in [0.4, 0.5) is 11.4 Å². The van der Waals surface area contributed by atoms with Gasteiger partial charge in [-0.05, 0) is 31.0 Å². The second-order valence-corrected chi connectivity index (χ2v) is 6.50. The molecule has 0 amide bonds. The lowest BCUT2D eigenvalue weighted by atomic mass is 10.0. The van der Waals surface area contributed by atoms with Crippen molar-refractivity contribution >= 4 is 22.9 Å². The summed E-state index contributed by atoms with van der Waals surface area (Å²) < 4.78 is 0. The fourth-order valence-corrected chi connectivity index (χ4v) is 2.97. The van der Waals surface area contributed by atoms with Gasteiger partial charge in [-0.1, -0.05) is 30.3 Å². The lowest BCUT2D eigenvalue weighted by Gasteiger charge is -2.18. The number of hydrogen-bond donors (Lipinski definition) is 2. The number of benzene rings is 2. The molecular formula is C23H18N4O2. The van der Waals surface area contributed by atoms with Crippen molar-refractivity contribution in [2.75, 3.05) is 10.6 Å². The summed E-state index contributed by atoms with van der Waals surface area (Å²) in [6.45, 7) is 0. The number of carbonyl (C=O) groups is 2. The smallest absolute Gasteiger partial charge is 0.193 e. The molecule has 0 radical (unpaired) electrons. The Hall–Kier alpha value is -4.16. The number of nitriles is 2. The van der Waals surface area contributed by atoms with Gasteiger partial charge in [-0.25, -0.2) is 0 Å². The molecule has 2 aromatic carbocycles. The van der Waals surface area contributed by atoms with Crippen LogP contribution in [0.1, 0.15) is 35.2 Å². The predicted molar refractivity (Wildman–Crippen MR) is 110 cm³/mol. The zero-order valence-corrected chi connectivity index (χ0v) is 15.6. The maximum absolute atomic E-state index is 12.8. The van der Waals surface area contributed by atoms with E-state index in [9.17, 15) is 9.59 Å². The third-order valence-corrected chi connectivity index (χ3v) is 4.43. The Labute approximate surface area is 168 Å². The summed E-state index contributed by atoms with van der Waals surface area (Å²) in [5, 5.41) is 24.0. The molecule has 1 aliphatic carbocycles. The van der Waals surface area contributed by atoms with Crippen molar-refractivity contribution in [1.82, 2.24) is 0 Å². The number of allylic oxidation sites excluding steroid dienone is 3. The van der Waals surface area contributed by atoms with Crippen molar-refractivity contribution in [3.63, 3.8) is 0 Å². The topological polar surface area (TPSA) is 106 Å². The number of carbonyl (C=O) groups excluding carboxylic acids is 2. The Kier molecular flexibility index (Phi) is 6.19. The molecule has 29 heavy (non-hydrogen) atoms. The van der Waals surface area contributed by atoms with Gasteiger partial charge in [0.2, 0.25) is 0 Å². The van der Waals surface area contributed by atoms with Crippen LogP contribution in [0, 0.1) is 22.7 Å². The van der Waals surface area contributed by atoms with Crippen LogP contribution in [0.2, 0.25) is 0 Å². The molecule has 1 aliphatic rings. The summed E-state index contributed by atoms with van der Waals surface area (Å²) in [6, 6.07) is 17.6. The number of ketones is 2. The van der Waals surface area contributed by atoms with Gasteiger partial charge in [0.15, 0.2) is 11.6 Å². The summed E-state index contributed by atoms with van der Waals surface area (Å²) in [7, 11) is 0. The molecular weight excluding hydrogens is 364 g/mol. The van der Waals surface area contributed by atoms with E-state index < -0.39 is 0 Å². The van der Waals surface area contributed by atoms with Gasteiger partial charge in [0.1, 0.15) is 17.7 Å². The molecule has 0 saturated carbocycles. The lowest BCUT2D eigenvalue weighted by Crippen LogP contribution is -2.11. The van der Waals surface area contributed by atoms with Gasteiger partial charge in [-0.2, -0.15) is 10.5 Å². The number of nitrogens with one attached hydrogen (secondary N) is 2. The number of nitrogens with zero attached hydrogens (tertiary/aromatic N) is 2. The van der Waals surface area contributed by atoms with Gasteiger partial charge in [0, 0.05) is 35.5 Å². The first kappa shape index (κ1) is 19.6. The summed E-state index contributed by atoms with van der Waals surface area (Å²) in [6.07, 6.45) is 4.89. The quantitative estimate of drug-likeness (QED) is 0.570. The molecule has 2 aromatic rings. The largest absolute Gasteiger partial charge is 0.358 e. The van der Waals surface area contributed by atoms with Gasteiger partial charge < -0.3 is 10.6 Å². The average molecular weight is 382 g/mol. The summed E-state index contributed by atoms with van der Waals surface area (Å²) in [5.74, 6) is -0.0694. The standard InChI is InChI=1S/C23H18N4O2/c24-13-16(14-25)15-26-21-10-9-18(23(29)17-5-2-1-3-6-17)11-22(21)27-19-7-4-8-20(28)12-19/h1-3,5-6,9-12,15,26-27H,4,7-8H2. The van der Waals surface area contributed by atoms with Crippen molar-refractivity contribution < 1.29 is 9.59 Å². The molecule has 0 atom stereocenters. The van der Waals surface area contributed by atoms with Crippen LogP contribution in [-0.2, 0) is 4.79 Å². The van der Waals surface area contributed by atoms with Crippen LogP contribution in [0.3, 0.4) is 0 Å². The normalized spacial score (nSPS) is 12.8. The van der Waals surface area contributed by atoms with E-state index in [4.69, 9.17) is 10.5 Å². The van der Waals surface area contributed by atoms with Gasteiger partial charge >= 0.3 is 0 Å². The zero-order chi connectivity index (χ0) is 20.6. The second-order valence-electron chi connectivity index (χ2n) is 6.50. The molecule has 0 fully saturated rings. The minimum Gasteiger partial charge on any atom is -0.358 e. The number of rotatable bonds is 6. The van der Waals surface area contributed by atoms with E-state index in [-0.39, 0.29) is 17.1 Å². The molecule has 0 aromatic heterocycles. The number of hydrogen-bond acceptors (Lipinski definition) is 6. The highest BCUT2D eigenvalue weighted by Gasteiger charge is 2.15.